The summed E-state index contributed by atoms with van der Waals surface area (Å²) in [5.41, 5.74) is -5.08. The first-order chi connectivity index (χ1) is 18.6. The van der Waals surface area contributed by atoms with Gasteiger partial charge in [0.15, 0.2) is 5.15 Å². The summed E-state index contributed by atoms with van der Waals surface area (Å²) >= 11 is 6.17. The maximum atomic E-state index is 13.2. The van der Waals surface area contributed by atoms with Crippen LogP contribution in [-0.2, 0) is 44.4 Å². The number of nitrogens with zero attached hydrogens (tertiary/aromatic N) is 3. The quantitative estimate of drug-likeness (QED) is 0.339. The van der Waals surface area contributed by atoms with Gasteiger partial charge in [0.1, 0.15) is 12.4 Å². The van der Waals surface area contributed by atoms with E-state index in [0.29, 0.717) is 30.6 Å². The number of alkyl halides is 3. The molecule has 1 aromatic heterocycles. The molecule has 3 N–H and O–H groups in total. The Morgan fingerprint density at radius 3 is 2.20 bits per heavy atom. The van der Waals surface area contributed by atoms with Crippen LogP contribution in [0.15, 0.2) is 29.1 Å². The summed E-state index contributed by atoms with van der Waals surface area (Å²) in [4.78, 5) is 15.3. The van der Waals surface area contributed by atoms with Gasteiger partial charge in [-0.05, 0) is 51.9 Å². The molecule has 0 bridgehead atoms. The third-order valence-corrected chi connectivity index (χ3v) is 8.88. The average Bonchev–Trinajstić information content (AvgIpc) is 3.13. The third kappa shape index (κ3) is 9.41. The van der Waals surface area contributed by atoms with Gasteiger partial charge >= 0.3 is 21.5 Å². The summed E-state index contributed by atoms with van der Waals surface area (Å²) in [5.74, 6) is -0.565. The number of aromatic nitrogens is 2. The van der Waals surface area contributed by atoms with Crippen molar-refractivity contribution in [2.24, 2.45) is 0 Å². The fourth-order valence-corrected chi connectivity index (χ4v) is 5.47. The lowest BCUT2D eigenvalue weighted by molar-refractivity contribution is -0.138. The molecule has 0 aliphatic carbocycles. The van der Waals surface area contributed by atoms with Gasteiger partial charge in [0, 0.05) is 18.5 Å². The van der Waals surface area contributed by atoms with Crippen LogP contribution in [0.25, 0.3) is 0 Å². The molecule has 0 fully saturated rings. The molecular weight excluding hydrogens is 601 g/mol. The number of aliphatic hydroxyl groups is 1. The maximum Gasteiger partial charge on any atom is 0.511 e. The summed E-state index contributed by atoms with van der Waals surface area (Å²) in [6.07, 6.45) is 2.53. The highest BCUT2D eigenvalue weighted by atomic mass is 35.5. The van der Waals surface area contributed by atoms with Gasteiger partial charge in [0.05, 0.1) is 18.6 Å². The van der Waals surface area contributed by atoms with E-state index in [0.717, 1.165) is 21.9 Å². The largest absolute Gasteiger partial charge is 0.511 e. The zero-order valence-electron chi connectivity index (χ0n) is 23.6. The van der Waals surface area contributed by atoms with Gasteiger partial charge in [-0.25, -0.2) is 26.5 Å². The van der Waals surface area contributed by atoms with Gasteiger partial charge in [-0.3, -0.25) is 4.79 Å². The fourth-order valence-electron chi connectivity index (χ4n) is 3.29. The number of aliphatic hydroxyl groups excluding tert-OH is 1. The van der Waals surface area contributed by atoms with Crippen LogP contribution in [0.1, 0.15) is 59.0 Å². The third-order valence-electron chi connectivity index (χ3n) is 5.36. The zero-order valence-corrected chi connectivity index (χ0v) is 25.0. The Hall–Kier alpha value is -2.24. The number of carboxylic acid groups (broad SMARTS) is 1. The van der Waals surface area contributed by atoms with Gasteiger partial charge in [-0.2, -0.15) is 17.5 Å². The van der Waals surface area contributed by atoms with Crippen molar-refractivity contribution in [3.63, 3.8) is 0 Å². The number of halogens is 4. The molecule has 0 unspecified atom stereocenters. The normalized spacial score (nSPS) is 13.1. The van der Waals surface area contributed by atoms with Crippen molar-refractivity contribution in [2.75, 3.05) is 13.6 Å². The second kappa shape index (κ2) is 14.1. The Morgan fingerprint density at radius 2 is 1.80 bits per heavy atom. The Balaban J connectivity index is 0.000000803. The molecule has 0 aliphatic rings. The fraction of sp³-hybridized carbons (Fsp3) is 0.565. The number of carboxylic acids is 1. The predicted molar refractivity (Wildman–Crippen MR) is 143 cm³/mol. The van der Waals surface area contributed by atoms with E-state index in [1.165, 1.54) is 12.1 Å². The van der Waals surface area contributed by atoms with Gasteiger partial charge in [0.2, 0.25) is 10.0 Å². The second-order valence-electron chi connectivity index (χ2n) is 9.40. The standard InChI is InChI=1S/C21H30ClN3O5S.C2H4F3NO2S/c1-5-6-7-18-23-20(22)17(14-26)24(18)12-15-8-10-16(11-9-15)31(29,30)25(13-19(27)28)21(2,3)4;1-6-9(7,8)2(3,4)5/h8-11,26H,5-7,12-14H2,1-4H3,(H,27,28);6H,1H3/i10D;. The van der Waals surface area contributed by atoms with E-state index in [-0.39, 0.29) is 29.2 Å². The molecule has 17 heteroatoms. The average molecular weight is 636 g/mol. The van der Waals surface area contributed by atoms with Crippen LogP contribution >= 0.6 is 11.6 Å². The number of rotatable bonds is 11. The zero-order chi connectivity index (χ0) is 32.0. The molecule has 1 heterocycles. The molecule has 0 saturated carbocycles. The number of hydrogen-bond acceptors (Lipinski definition) is 7. The lowest BCUT2D eigenvalue weighted by Gasteiger charge is -2.33. The Kier molecular flexibility index (Phi) is 12.0. The van der Waals surface area contributed by atoms with Crippen molar-refractivity contribution >= 4 is 37.6 Å². The van der Waals surface area contributed by atoms with Crippen molar-refractivity contribution in [3.8, 4) is 0 Å². The first-order valence-corrected chi connectivity index (χ1v) is 15.1. The minimum atomic E-state index is -5.19. The number of carbonyl (C=O) groups is 1. The van der Waals surface area contributed by atoms with Crippen molar-refractivity contribution in [1.82, 2.24) is 18.6 Å². The van der Waals surface area contributed by atoms with Gasteiger partial charge in [-0.15, -0.1) is 0 Å². The van der Waals surface area contributed by atoms with Crippen molar-refractivity contribution in [2.45, 2.75) is 76.1 Å². The molecule has 40 heavy (non-hydrogen) atoms. The summed E-state index contributed by atoms with van der Waals surface area (Å²) < 4.78 is 91.5. The second-order valence-corrected chi connectivity index (χ2v) is 13.5. The van der Waals surface area contributed by atoms with E-state index in [1.54, 1.807) is 31.4 Å². The van der Waals surface area contributed by atoms with E-state index in [1.807, 2.05) is 0 Å². The highest BCUT2D eigenvalue weighted by molar-refractivity contribution is 7.90. The minimum Gasteiger partial charge on any atom is -0.480 e. The first kappa shape index (κ1) is 34.0. The number of aliphatic carboxylic acids is 1. The predicted octanol–water partition coefficient (Wildman–Crippen LogP) is 3.35. The van der Waals surface area contributed by atoms with Crippen molar-refractivity contribution < 1.29 is 46.4 Å². The SMILES string of the molecule is CNS(=O)(=O)C(F)(F)F.[2H]c1cc(Cn2c(CCCC)nc(Cl)c2CO)ccc1S(=O)(=O)N(CC(=O)O)C(C)(C)C. The molecule has 11 nitrogen and oxygen atoms in total. The highest BCUT2D eigenvalue weighted by Crippen LogP contribution is 2.26. The molecule has 0 atom stereocenters. The van der Waals surface area contributed by atoms with Gasteiger partial charge in [0.25, 0.3) is 0 Å². The van der Waals surface area contributed by atoms with Crippen LogP contribution in [0.3, 0.4) is 0 Å². The van der Waals surface area contributed by atoms with E-state index >= 15 is 0 Å². The highest BCUT2D eigenvalue weighted by Gasteiger charge is 2.44. The monoisotopic (exact) mass is 635 g/mol. The number of hydrogen-bond donors (Lipinski definition) is 3. The molecule has 0 aliphatic heterocycles. The lowest BCUT2D eigenvalue weighted by atomic mass is 10.1. The van der Waals surface area contributed by atoms with Crippen molar-refractivity contribution in [3.05, 3.63) is 46.5 Å². The number of unbranched alkanes of at least 4 members (excludes halogenated alkanes) is 1. The van der Waals surface area contributed by atoms with E-state index in [4.69, 9.17) is 13.0 Å². The summed E-state index contributed by atoms with van der Waals surface area (Å²) in [5, 5.41) is 19.1. The maximum absolute atomic E-state index is 13.2. The first-order valence-electron chi connectivity index (χ1n) is 12.3. The van der Waals surface area contributed by atoms with Crippen LogP contribution in [0.4, 0.5) is 13.2 Å². The molecule has 2 aromatic rings. The summed E-state index contributed by atoms with van der Waals surface area (Å²) in [7, 11) is -8.61. The Bertz CT molecular complexity index is 1430. The molecule has 0 radical (unpaired) electrons. The number of nitrogens with one attached hydrogen (secondary N) is 1. The van der Waals surface area contributed by atoms with E-state index in [2.05, 4.69) is 11.9 Å². The smallest absolute Gasteiger partial charge is 0.480 e. The Labute approximate surface area is 238 Å². The van der Waals surface area contributed by atoms with Crippen molar-refractivity contribution in [1.29, 1.82) is 0 Å². The van der Waals surface area contributed by atoms with Crippen LogP contribution in [0.2, 0.25) is 5.15 Å². The molecule has 1 aromatic carbocycles. The van der Waals surface area contributed by atoms with Crippen LogP contribution < -0.4 is 4.72 Å². The number of aryl methyl sites for hydroxylation is 1. The number of sulfonamides is 2. The summed E-state index contributed by atoms with van der Waals surface area (Å²) in [6, 6.07) is 4.07. The lowest BCUT2D eigenvalue weighted by Crippen LogP contribution is -2.48. The van der Waals surface area contributed by atoms with E-state index < -0.39 is 43.6 Å². The molecule has 228 valence electrons. The summed E-state index contributed by atoms with van der Waals surface area (Å²) in [6.45, 7) is 6.11. The molecule has 0 spiro atoms. The Morgan fingerprint density at radius 1 is 1.20 bits per heavy atom. The topological polar surface area (TPSA) is 159 Å². The molecular formula is C23H34ClF3N4O7S2. The van der Waals surface area contributed by atoms with Gasteiger partial charge in [-0.1, -0.05) is 37.1 Å². The van der Waals surface area contributed by atoms with E-state index in [9.17, 15) is 45.0 Å². The van der Waals surface area contributed by atoms with Gasteiger partial charge < -0.3 is 14.8 Å². The van der Waals surface area contributed by atoms with Crippen LogP contribution in [0.5, 0.6) is 0 Å². The molecule has 0 saturated heterocycles. The molecule has 0 amide bonds. The minimum absolute atomic E-state index is 0.221. The molecule has 2 rings (SSSR count). The number of benzene rings is 1. The number of imidazole rings is 1. The van der Waals surface area contributed by atoms with Crippen LogP contribution in [0, 0.1) is 0 Å². The van der Waals surface area contributed by atoms with Crippen LogP contribution in [-0.4, -0.2) is 71.5 Å².